The first kappa shape index (κ1) is 10.8. The van der Waals surface area contributed by atoms with Crippen molar-refractivity contribution in [2.75, 3.05) is 0 Å². The van der Waals surface area contributed by atoms with Crippen molar-refractivity contribution in [1.29, 1.82) is 0 Å². The maximum atomic E-state index is 11.6. The van der Waals surface area contributed by atoms with Crippen LogP contribution in [0.1, 0.15) is 33.1 Å². The van der Waals surface area contributed by atoms with E-state index in [1.54, 1.807) is 13.8 Å². The molecule has 0 aromatic rings. The predicted octanol–water partition coefficient (Wildman–Crippen LogP) is 2.46. The van der Waals surface area contributed by atoms with Crippen molar-refractivity contribution in [2.24, 2.45) is 5.73 Å². The van der Waals surface area contributed by atoms with Crippen molar-refractivity contribution in [3.05, 3.63) is 0 Å². The molecule has 0 heterocycles. The third-order valence-corrected chi connectivity index (χ3v) is 1.28. The van der Waals surface area contributed by atoms with Crippen molar-refractivity contribution >= 4 is 0 Å². The minimum Gasteiger partial charge on any atom is -0.326 e. The molecule has 0 rings (SSSR count). The number of hydrogen-bond donors (Lipinski definition) is 1. The summed E-state index contributed by atoms with van der Waals surface area (Å²) in [6, 6.07) is 0. The van der Waals surface area contributed by atoms with Gasteiger partial charge in [-0.05, 0) is 26.7 Å². The average molecular weight is 169 g/mol. The highest BCUT2D eigenvalue weighted by atomic mass is 19.4. The lowest BCUT2D eigenvalue weighted by molar-refractivity contribution is -0.136. The molecule has 0 spiro atoms. The fourth-order valence-corrected chi connectivity index (χ4v) is 0.744. The second-order valence-electron chi connectivity index (χ2n) is 3.46. The van der Waals surface area contributed by atoms with Gasteiger partial charge in [0.1, 0.15) is 0 Å². The van der Waals surface area contributed by atoms with Crippen LogP contribution in [-0.4, -0.2) is 11.7 Å². The van der Waals surface area contributed by atoms with Gasteiger partial charge in [0.25, 0.3) is 0 Å². The summed E-state index contributed by atoms with van der Waals surface area (Å²) >= 11 is 0. The summed E-state index contributed by atoms with van der Waals surface area (Å²) in [5.41, 5.74) is 5.02. The Morgan fingerprint density at radius 2 is 1.55 bits per heavy atom. The molecule has 0 saturated heterocycles. The molecule has 0 saturated carbocycles. The lowest BCUT2D eigenvalue weighted by atomic mass is 9.99. The molecule has 0 amide bonds. The van der Waals surface area contributed by atoms with Gasteiger partial charge in [-0.2, -0.15) is 13.2 Å². The summed E-state index contributed by atoms with van der Waals surface area (Å²) < 4.78 is 34.8. The molecule has 0 aromatic heterocycles. The summed E-state index contributed by atoms with van der Waals surface area (Å²) in [4.78, 5) is 0. The van der Waals surface area contributed by atoms with Crippen LogP contribution >= 0.6 is 0 Å². The van der Waals surface area contributed by atoms with Crippen LogP contribution in [-0.2, 0) is 0 Å². The van der Waals surface area contributed by atoms with Crippen LogP contribution in [0.15, 0.2) is 0 Å². The molecule has 0 unspecified atom stereocenters. The van der Waals surface area contributed by atoms with Gasteiger partial charge in [-0.1, -0.05) is 0 Å². The summed E-state index contributed by atoms with van der Waals surface area (Å²) in [5, 5.41) is 0. The van der Waals surface area contributed by atoms with Gasteiger partial charge in [-0.15, -0.1) is 0 Å². The molecule has 68 valence electrons. The lowest BCUT2D eigenvalue weighted by Crippen LogP contribution is -2.31. The van der Waals surface area contributed by atoms with Crippen molar-refractivity contribution < 1.29 is 13.2 Å². The van der Waals surface area contributed by atoms with Crippen LogP contribution in [0.2, 0.25) is 0 Å². The van der Waals surface area contributed by atoms with Crippen molar-refractivity contribution in [2.45, 2.75) is 44.8 Å². The van der Waals surface area contributed by atoms with E-state index < -0.39 is 18.1 Å². The van der Waals surface area contributed by atoms with Gasteiger partial charge in [0, 0.05) is 12.0 Å². The summed E-state index contributed by atoms with van der Waals surface area (Å²) in [5.74, 6) is 0. The average Bonchev–Trinajstić information content (AvgIpc) is 1.55. The Labute approximate surface area is 64.8 Å². The molecule has 0 aliphatic heterocycles. The van der Waals surface area contributed by atoms with Crippen LogP contribution in [0.25, 0.3) is 0 Å². The van der Waals surface area contributed by atoms with Gasteiger partial charge in [-0.25, -0.2) is 0 Å². The number of alkyl halides is 3. The van der Waals surface area contributed by atoms with Crippen LogP contribution < -0.4 is 5.73 Å². The van der Waals surface area contributed by atoms with Gasteiger partial charge in [-0.3, -0.25) is 0 Å². The van der Waals surface area contributed by atoms with E-state index in [2.05, 4.69) is 0 Å². The van der Waals surface area contributed by atoms with E-state index in [0.717, 1.165) is 0 Å². The Balaban J connectivity index is 3.44. The van der Waals surface area contributed by atoms with E-state index in [1.807, 2.05) is 0 Å². The largest absolute Gasteiger partial charge is 0.389 e. The van der Waals surface area contributed by atoms with E-state index in [1.165, 1.54) is 0 Å². The minimum atomic E-state index is -4.04. The Bertz CT molecular complexity index is 97.8. The Morgan fingerprint density at radius 3 is 1.82 bits per heavy atom. The van der Waals surface area contributed by atoms with Crippen molar-refractivity contribution in [3.63, 3.8) is 0 Å². The summed E-state index contributed by atoms with van der Waals surface area (Å²) in [6.45, 7) is 3.45. The third-order valence-electron chi connectivity index (χ3n) is 1.28. The molecule has 0 aliphatic rings. The minimum absolute atomic E-state index is 0.118. The van der Waals surface area contributed by atoms with Gasteiger partial charge in [0.15, 0.2) is 0 Å². The van der Waals surface area contributed by atoms with Crippen molar-refractivity contribution in [3.8, 4) is 0 Å². The zero-order valence-corrected chi connectivity index (χ0v) is 6.83. The maximum absolute atomic E-state index is 11.6. The van der Waals surface area contributed by atoms with Gasteiger partial charge >= 0.3 is 6.18 Å². The molecule has 0 fully saturated rings. The normalized spacial score (nSPS) is 13.6. The van der Waals surface area contributed by atoms with Crippen LogP contribution in [0.3, 0.4) is 0 Å². The highest BCUT2D eigenvalue weighted by molar-refractivity contribution is 4.71. The monoisotopic (exact) mass is 169 g/mol. The van der Waals surface area contributed by atoms with Gasteiger partial charge in [0.05, 0.1) is 0 Å². The third kappa shape index (κ3) is 9.75. The molecule has 1 nitrogen and oxygen atoms in total. The van der Waals surface area contributed by atoms with E-state index in [0.29, 0.717) is 6.42 Å². The predicted molar refractivity (Wildman–Crippen MR) is 38.2 cm³/mol. The van der Waals surface area contributed by atoms with E-state index >= 15 is 0 Å². The molecular formula is C7H14F3N. The molecule has 4 heteroatoms. The number of rotatable bonds is 3. The maximum Gasteiger partial charge on any atom is 0.389 e. The van der Waals surface area contributed by atoms with E-state index in [4.69, 9.17) is 5.73 Å². The molecule has 0 atom stereocenters. The Morgan fingerprint density at radius 1 is 1.09 bits per heavy atom. The van der Waals surface area contributed by atoms with E-state index in [9.17, 15) is 13.2 Å². The number of hydrogen-bond acceptors (Lipinski definition) is 1. The second kappa shape index (κ2) is 3.43. The van der Waals surface area contributed by atoms with E-state index in [-0.39, 0.29) is 6.42 Å². The molecule has 0 aromatic carbocycles. The molecule has 0 radical (unpaired) electrons. The lowest BCUT2D eigenvalue weighted by Gasteiger charge is -2.18. The fraction of sp³-hybridized carbons (Fsp3) is 1.00. The Kier molecular flexibility index (Phi) is 3.35. The SMILES string of the molecule is CC(C)(N)CCCC(F)(F)F. The summed E-state index contributed by atoms with van der Waals surface area (Å²) in [7, 11) is 0. The molecule has 2 N–H and O–H groups in total. The second-order valence-corrected chi connectivity index (χ2v) is 3.46. The molecule has 0 aliphatic carbocycles. The highest BCUT2D eigenvalue weighted by Gasteiger charge is 2.27. The standard InChI is InChI=1S/C7H14F3N/c1-6(2,11)4-3-5-7(8,9)10/h3-5,11H2,1-2H3. The first-order valence-electron chi connectivity index (χ1n) is 3.56. The van der Waals surface area contributed by atoms with Crippen molar-refractivity contribution in [1.82, 2.24) is 0 Å². The highest BCUT2D eigenvalue weighted by Crippen LogP contribution is 2.23. The molecule has 11 heavy (non-hydrogen) atoms. The Hall–Kier alpha value is -0.250. The summed E-state index contributed by atoms with van der Waals surface area (Å²) in [6.07, 6.45) is -4.24. The van der Waals surface area contributed by atoms with Crippen LogP contribution in [0.5, 0.6) is 0 Å². The number of halogens is 3. The first-order chi connectivity index (χ1) is 4.71. The number of nitrogens with two attached hydrogens (primary N) is 1. The molecule has 0 bridgehead atoms. The van der Waals surface area contributed by atoms with Gasteiger partial charge < -0.3 is 5.73 Å². The topological polar surface area (TPSA) is 26.0 Å². The molecular weight excluding hydrogens is 155 g/mol. The zero-order chi connectivity index (χ0) is 9.12. The van der Waals surface area contributed by atoms with Crippen LogP contribution in [0, 0.1) is 0 Å². The fourth-order valence-electron chi connectivity index (χ4n) is 0.744. The smallest absolute Gasteiger partial charge is 0.326 e. The quantitative estimate of drug-likeness (QED) is 0.690. The first-order valence-corrected chi connectivity index (χ1v) is 3.56. The van der Waals surface area contributed by atoms with Gasteiger partial charge in [0.2, 0.25) is 0 Å². The zero-order valence-electron chi connectivity index (χ0n) is 6.83. The van der Waals surface area contributed by atoms with Crippen LogP contribution in [0.4, 0.5) is 13.2 Å².